The average molecular weight is 180 g/mol. The molecular formula is C8H8N2OS. The van der Waals surface area contributed by atoms with Crippen LogP contribution >= 0.6 is 11.9 Å². The molecule has 62 valence electrons. The lowest BCUT2D eigenvalue weighted by molar-refractivity contribution is -0.120. The Labute approximate surface area is 74.9 Å². The first-order chi connectivity index (χ1) is 5.90. The van der Waals surface area contributed by atoms with E-state index in [0.717, 1.165) is 6.41 Å². The Bertz CT molecular complexity index is 303. The zero-order valence-electron chi connectivity index (χ0n) is 6.36. The van der Waals surface area contributed by atoms with Gasteiger partial charge in [-0.2, -0.15) is 4.83 Å². The van der Waals surface area contributed by atoms with E-state index in [1.165, 1.54) is 27.4 Å². The van der Waals surface area contributed by atoms with Gasteiger partial charge in [0.05, 0.1) is 6.54 Å². The molecule has 12 heavy (non-hydrogen) atoms. The maximum absolute atomic E-state index is 10.4. The van der Waals surface area contributed by atoms with Crippen molar-refractivity contribution >= 4 is 18.4 Å². The minimum Gasteiger partial charge on any atom is -0.277 e. The van der Waals surface area contributed by atoms with Crippen molar-refractivity contribution in [3.8, 4) is 0 Å². The molecule has 1 amide bonds. The fourth-order valence-electron chi connectivity index (χ4n) is 1.12. The van der Waals surface area contributed by atoms with Crippen molar-refractivity contribution in [2.24, 2.45) is 0 Å². The highest BCUT2D eigenvalue weighted by Crippen LogP contribution is 2.25. The van der Waals surface area contributed by atoms with E-state index in [9.17, 15) is 4.79 Å². The van der Waals surface area contributed by atoms with Crippen LogP contribution in [0.5, 0.6) is 0 Å². The number of nitrogens with zero attached hydrogens (tertiary/aromatic N) is 1. The molecule has 0 radical (unpaired) electrons. The molecule has 1 aliphatic rings. The van der Waals surface area contributed by atoms with E-state index in [0.29, 0.717) is 6.54 Å². The van der Waals surface area contributed by atoms with Gasteiger partial charge in [-0.15, -0.1) is 0 Å². The highest BCUT2D eigenvalue weighted by atomic mass is 32.2. The van der Waals surface area contributed by atoms with Crippen LogP contribution < -0.4 is 4.83 Å². The summed E-state index contributed by atoms with van der Waals surface area (Å²) in [5, 5.41) is 1.52. The molecule has 1 aromatic rings. The number of hydrogen-bond donors (Lipinski definition) is 1. The number of carbonyl (C=O) groups is 1. The molecule has 0 fully saturated rings. The van der Waals surface area contributed by atoms with Crippen molar-refractivity contribution in [1.29, 1.82) is 0 Å². The van der Waals surface area contributed by atoms with Gasteiger partial charge in [-0.3, -0.25) is 9.80 Å². The van der Waals surface area contributed by atoms with Gasteiger partial charge in [0.25, 0.3) is 0 Å². The molecule has 0 aliphatic carbocycles. The molecule has 0 spiro atoms. The summed E-state index contributed by atoms with van der Waals surface area (Å²) in [7, 11) is 0. The highest BCUT2D eigenvalue weighted by Gasteiger charge is 2.13. The van der Waals surface area contributed by atoms with E-state index >= 15 is 0 Å². The van der Waals surface area contributed by atoms with Crippen LogP contribution in [-0.2, 0) is 11.3 Å². The lowest BCUT2D eigenvalue weighted by Crippen LogP contribution is -2.34. The number of hydrazine groups is 1. The van der Waals surface area contributed by atoms with Crippen LogP contribution in [0.15, 0.2) is 29.2 Å². The van der Waals surface area contributed by atoms with Crippen LogP contribution in [0.1, 0.15) is 5.56 Å². The number of nitrogens with one attached hydrogen (secondary N) is 1. The zero-order chi connectivity index (χ0) is 8.39. The molecule has 0 saturated heterocycles. The lowest BCUT2D eigenvalue weighted by Gasteiger charge is -2.24. The summed E-state index contributed by atoms with van der Waals surface area (Å²) in [5.74, 6) is 0. The SMILES string of the molecule is O=CN1Cc2ccccc2SN1. The predicted octanol–water partition coefficient (Wildman–Crippen LogP) is 1.17. The van der Waals surface area contributed by atoms with E-state index in [4.69, 9.17) is 0 Å². The van der Waals surface area contributed by atoms with Crippen LogP contribution in [-0.4, -0.2) is 11.4 Å². The van der Waals surface area contributed by atoms with Gasteiger partial charge in [0.1, 0.15) is 0 Å². The van der Waals surface area contributed by atoms with Gasteiger partial charge in [-0.05, 0) is 23.6 Å². The standard InChI is InChI=1S/C8H8N2OS/c11-6-10-5-7-3-1-2-4-8(7)12-9-10/h1-4,6,9H,5H2. The van der Waals surface area contributed by atoms with Crippen LogP contribution in [0.3, 0.4) is 0 Å². The molecule has 1 N–H and O–H groups in total. The van der Waals surface area contributed by atoms with Crippen LogP contribution in [0.2, 0.25) is 0 Å². The fraction of sp³-hybridized carbons (Fsp3) is 0.125. The van der Waals surface area contributed by atoms with E-state index in [2.05, 4.69) is 4.83 Å². The number of amides is 1. The molecule has 1 aromatic carbocycles. The highest BCUT2D eigenvalue weighted by molar-refractivity contribution is 7.97. The maximum atomic E-state index is 10.4. The molecule has 0 aromatic heterocycles. The number of hydrogen-bond acceptors (Lipinski definition) is 3. The second-order valence-electron chi connectivity index (χ2n) is 2.53. The molecule has 1 aliphatic heterocycles. The van der Waals surface area contributed by atoms with Crippen molar-refractivity contribution in [2.45, 2.75) is 11.4 Å². The Kier molecular flexibility index (Phi) is 2.01. The fourth-order valence-corrected chi connectivity index (χ4v) is 1.85. The van der Waals surface area contributed by atoms with Gasteiger partial charge in [-0.1, -0.05) is 18.2 Å². The first kappa shape index (κ1) is 7.64. The van der Waals surface area contributed by atoms with E-state index < -0.39 is 0 Å². The molecule has 1 heterocycles. The maximum Gasteiger partial charge on any atom is 0.224 e. The molecule has 4 heteroatoms. The Morgan fingerprint density at radius 3 is 3.17 bits per heavy atom. The molecular weight excluding hydrogens is 172 g/mol. The number of rotatable bonds is 1. The largest absolute Gasteiger partial charge is 0.277 e. The summed E-state index contributed by atoms with van der Waals surface area (Å²) in [4.78, 5) is 14.5. The zero-order valence-corrected chi connectivity index (χ0v) is 7.17. The molecule has 0 atom stereocenters. The third kappa shape index (κ3) is 1.31. The van der Waals surface area contributed by atoms with Crippen molar-refractivity contribution in [1.82, 2.24) is 9.84 Å². The summed E-state index contributed by atoms with van der Waals surface area (Å²) in [6, 6.07) is 8.03. The topological polar surface area (TPSA) is 32.3 Å². The first-order valence-corrected chi connectivity index (χ1v) is 4.44. The average Bonchev–Trinajstić information content (AvgIpc) is 2.17. The van der Waals surface area contributed by atoms with Gasteiger partial charge >= 0.3 is 0 Å². The predicted molar refractivity (Wildman–Crippen MR) is 47.0 cm³/mol. The second kappa shape index (κ2) is 3.16. The normalized spacial score (nSPS) is 15.5. The molecule has 0 saturated carbocycles. The molecule has 0 unspecified atom stereocenters. The van der Waals surface area contributed by atoms with E-state index in [-0.39, 0.29) is 0 Å². The van der Waals surface area contributed by atoms with E-state index in [1.54, 1.807) is 0 Å². The second-order valence-corrected chi connectivity index (χ2v) is 3.36. The van der Waals surface area contributed by atoms with Crippen LogP contribution in [0.25, 0.3) is 0 Å². The number of benzene rings is 1. The van der Waals surface area contributed by atoms with Crippen LogP contribution in [0, 0.1) is 0 Å². The number of carbonyl (C=O) groups excluding carboxylic acids is 1. The quantitative estimate of drug-likeness (QED) is 0.520. The van der Waals surface area contributed by atoms with Gasteiger partial charge in [0, 0.05) is 4.90 Å². The van der Waals surface area contributed by atoms with Gasteiger partial charge in [0.15, 0.2) is 0 Å². The van der Waals surface area contributed by atoms with Crippen LogP contribution in [0.4, 0.5) is 0 Å². The smallest absolute Gasteiger partial charge is 0.224 e. The van der Waals surface area contributed by atoms with Crippen molar-refractivity contribution in [3.63, 3.8) is 0 Å². The van der Waals surface area contributed by atoms with Gasteiger partial charge in [-0.25, -0.2) is 0 Å². The minimum atomic E-state index is 0.646. The van der Waals surface area contributed by atoms with Gasteiger partial charge < -0.3 is 0 Å². The van der Waals surface area contributed by atoms with Crippen molar-refractivity contribution < 1.29 is 4.79 Å². The summed E-state index contributed by atoms with van der Waals surface area (Å²) in [6.07, 6.45) is 0.795. The monoisotopic (exact) mass is 180 g/mol. The minimum absolute atomic E-state index is 0.646. The Hall–Kier alpha value is -1.00. The summed E-state index contributed by atoms with van der Waals surface area (Å²) in [6.45, 7) is 0.646. The third-order valence-corrected chi connectivity index (χ3v) is 2.66. The molecule has 0 bridgehead atoms. The van der Waals surface area contributed by atoms with Crippen molar-refractivity contribution in [2.75, 3.05) is 0 Å². The summed E-state index contributed by atoms with van der Waals surface area (Å²) in [5.41, 5.74) is 1.19. The Morgan fingerprint density at radius 1 is 1.50 bits per heavy atom. The van der Waals surface area contributed by atoms with Gasteiger partial charge in [0.2, 0.25) is 6.41 Å². The number of fused-ring (bicyclic) bond motifs is 1. The summed E-state index contributed by atoms with van der Waals surface area (Å²) >= 11 is 1.47. The summed E-state index contributed by atoms with van der Waals surface area (Å²) < 4.78 is 0. The Balaban J connectivity index is 2.28. The van der Waals surface area contributed by atoms with E-state index in [1.807, 2.05) is 24.3 Å². The molecule has 3 nitrogen and oxygen atoms in total. The third-order valence-electron chi connectivity index (χ3n) is 1.71. The molecule has 2 rings (SSSR count). The van der Waals surface area contributed by atoms with Crippen molar-refractivity contribution in [3.05, 3.63) is 29.8 Å². The Morgan fingerprint density at radius 2 is 2.33 bits per heavy atom. The lowest BCUT2D eigenvalue weighted by atomic mass is 10.2. The first-order valence-electron chi connectivity index (χ1n) is 3.62.